The van der Waals surface area contributed by atoms with E-state index in [1.54, 1.807) is 0 Å². The average molecular weight is 804 g/mol. The third-order valence-corrected chi connectivity index (χ3v) is 13.4. The Hall–Kier alpha value is -5.48. The number of fused-ring (bicyclic) bond motifs is 19. The van der Waals surface area contributed by atoms with Crippen molar-refractivity contribution in [2.24, 2.45) is 0 Å². The normalized spacial score (nSPS) is 14.9. The number of benzene rings is 8. The minimum atomic E-state index is -0.530. The van der Waals surface area contributed by atoms with Crippen LogP contribution in [-0.4, -0.2) is 4.57 Å². The van der Waals surface area contributed by atoms with E-state index in [2.05, 4.69) is 212 Å². The minimum Gasteiger partial charge on any atom is -0.309 e. The molecule has 1 nitrogen and oxygen atoms in total. The van der Waals surface area contributed by atoms with Gasteiger partial charge >= 0.3 is 0 Å². The summed E-state index contributed by atoms with van der Waals surface area (Å²) in [5.41, 5.74) is 18.5. The molecule has 8 aromatic carbocycles. The van der Waals surface area contributed by atoms with Crippen LogP contribution in [0.5, 0.6) is 0 Å². The van der Waals surface area contributed by atoms with E-state index in [-0.39, 0.29) is 0 Å². The van der Waals surface area contributed by atoms with Crippen LogP contribution in [0.25, 0.3) is 49.7 Å². The maximum absolute atomic E-state index is 3.78. The molecular formula is C50H29Br2N. The molecule has 0 saturated carbocycles. The molecule has 248 valence electrons. The molecular weight excluding hydrogens is 774 g/mol. The Balaban J connectivity index is 1.30. The summed E-state index contributed by atoms with van der Waals surface area (Å²) in [6.45, 7) is 0. The van der Waals surface area contributed by atoms with Gasteiger partial charge in [-0.05, 0) is 115 Å². The second-order valence-electron chi connectivity index (χ2n) is 14.6. The van der Waals surface area contributed by atoms with Crippen molar-refractivity contribution in [2.75, 3.05) is 0 Å². The summed E-state index contributed by atoms with van der Waals surface area (Å²) < 4.78 is 4.61. The molecule has 9 aromatic rings. The van der Waals surface area contributed by atoms with Gasteiger partial charge < -0.3 is 4.57 Å². The predicted molar refractivity (Wildman–Crippen MR) is 224 cm³/mol. The van der Waals surface area contributed by atoms with Crippen LogP contribution in [0.1, 0.15) is 44.5 Å². The van der Waals surface area contributed by atoms with Crippen LogP contribution in [0.15, 0.2) is 185 Å². The second-order valence-corrected chi connectivity index (χ2v) is 16.4. The molecule has 53 heavy (non-hydrogen) atoms. The van der Waals surface area contributed by atoms with Crippen LogP contribution in [0, 0.1) is 0 Å². The van der Waals surface area contributed by atoms with Crippen molar-refractivity contribution in [3.8, 4) is 27.9 Å². The van der Waals surface area contributed by atoms with Crippen molar-refractivity contribution in [1.82, 2.24) is 4.57 Å². The zero-order valence-corrected chi connectivity index (χ0v) is 31.6. The van der Waals surface area contributed by atoms with Crippen molar-refractivity contribution in [1.29, 1.82) is 0 Å². The molecule has 2 spiro atoms. The Morgan fingerprint density at radius 3 is 1.11 bits per heavy atom. The molecule has 0 fully saturated rings. The molecule has 0 bridgehead atoms. The average Bonchev–Trinajstić information content (AvgIpc) is 3.80. The third-order valence-electron chi connectivity index (χ3n) is 12.4. The molecule has 0 aliphatic heterocycles. The quantitative estimate of drug-likeness (QED) is 0.156. The Labute approximate surface area is 324 Å². The molecule has 0 unspecified atom stereocenters. The summed E-state index contributed by atoms with van der Waals surface area (Å²) in [5, 5.41) is 2.44. The first-order valence-corrected chi connectivity index (χ1v) is 19.7. The van der Waals surface area contributed by atoms with Crippen molar-refractivity contribution in [2.45, 2.75) is 10.8 Å². The highest BCUT2D eigenvalue weighted by Crippen LogP contribution is 2.67. The summed E-state index contributed by atoms with van der Waals surface area (Å²) in [6, 6.07) is 66.5. The Morgan fingerprint density at radius 1 is 0.321 bits per heavy atom. The number of halogens is 2. The SMILES string of the molecule is Brc1ccc2c(c1)c1cc(Br)ccc1n2-c1ccc2c(c1)C1(c3ccccc3-c3ccccc31)c1ccccc1C21c2ccccc2-c2ccccc21. The largest absolute Gasteiger partial charge is 0.309 e. The lowest BCUT2D eigenvalue weighted by molar-refractivity contribution is 0.632. The first kappa shape index (κ1) is 30.0. The van der Waals surface area contributed by atoms with E-state index >= 15 is 0 Å². The molecule has 3 aliphatic carbocycles. The van der Waals surface area contributed by atoms with Gasteiger partial charge in [0, 0.05) is 25.4 Å². The van der Waals surface area contributed by atoms with Crippen molar-refractivity contribution in [3.63, 3.8) is 0 Å². The highest BCUT2D eigenvalue weighted by molar-refractivity contribution is 9.10. The smallest absolute Gasteiger partial charge is 0.0720 e. The maximum Gasteiger partial charge on any atom is 0.0720 e. The van der Waals surface area contributed by atoms with Gasteiger partial charge in [0.15, 0.2) is 0 Å². The van der Waals surface area contributed by atoms with E-state index in [1.807, 2.05) is 0 Å². The first-order valence-electron chi connectivity index (χ1n) is 18.1. The predicted octanol–water partition coefficient (Wildman–Crippen LogP) is 13.3. The number of aromatic nitrogens is 1. The van der Waals surface area contributed by atoms with E-state index in [0.29, 0.717) is 0 Å². The summed E-state index contributed by atoms with van der Waals surface area (Å²) in [7, 11) is 0. The van der Waals surface area contributed by atoms with E-state index in [4.69, 9.17) is 0 Å². The van der Waals surface area contributed by atoms with E-state index in [0.717, 1.165) is 14.6 Å². The van der Waals surface area contributed by atoms with E-state index in [1.165, 1.54) is 88.6 Å². The van der Waals surface area contributed by atoms with Crippen LogP contribution < -0.4 is 0 Å². The van der Waals surface area contributed by atoms with Crippen LogP contribution in [0.2, 0.25) is 0 Å². The Morgan fingerprint density at radius 2 is 0.679 bits per heavy atom. The summed E-state index contributed by atoms with van der Waals surface area (Å²) >= 11 is 7.56. The lowest BCUT2D eigenvalue weighted by Gasteiger charge is -2.49. The second kappa shape index (κ2) is 10.6. The highest BCUT2D eigenvalue weighted by Gasteiger charge is 2.58. The van der Waals surface area contributed by atoms with Crippen LogP contribution in [-0.2, 0) is 10.8 Å². The van der Waals surface area contributed by atoms with Gasteiger partial charge in [-0.25, -0.2) is 0 Å². The van der Waals surface area contributed by atoms with Crippen LogP contribution in [0.3, 0.4) is 0 Å². The van der Waals surface area contributed by atoms with Crippen molar-refractivity contribution in [3.05, 3.63) is 229 Å². The summed E-state index contributed by atoms with van der Waals surface area (Å²) in [4.78, 5) is 0. The molecule has 12 rings (SSSR count). The third kappa shape index (κ3) is 3.58. The van der Waals surface area contributed by atoms with Crippen molar-refractivity contribution >= 4 is 53.7 Å². The Bertz CT molecular complexity index is 2910. The summed E-state index contributed by atoms with van der Waals surface area (Å²) in [6.07, 6.45) is 0. The number of hydrogen-bond acceptors (Lipinski definition) is 0. The highest BCUT2D eigenvalue weighted by atomic mass is 79.9. The van der Waals surface area contributed by atoms with Gasteiger partial charge in [-0.3, -0.25) is 0 Å². The fraction of sp³-hybridized carbons (Fsp3) is 0.0400. The van der Waals surface area contributed by atoms with E-state index in [9.17, 15) is 0 Å². The summed E-state index contributed by atoms with van der Waals surface area (Å²) in [5.74, 6) is 0. The zero-order valence-electron chi connectivity index (χ0n) is 28.4. The van der Waals surface area contributed by atoms with Crippen LogP contribution in [0.4, 0.5) is 0 Å². The van der Waals surface area contributed by atoms with Gasteiger partial charge in [-0.2, -0.15) is 0 Å². The first-order chi connectivity index (χ1) is 26.1. The van der Waals surface area contributed by atoms with Gasteiger partial charge in [0.25, 0.3) is 0 Å². The zero-order chi connectivity index (χ0) is 35.1. The molecule has 3 heteroatoms. The van der Waals surface area contributed by atoms with Crippen molar-refractivity contribution < 1.29 is 0 Å². The molecule has 1 aromatic heterocycles. The lowest BCUT2D eigenvalue weighted by Crippen LogP contribution is -2.43. The molecule has 0 N–H and O–H groups in total. The molecule has 0 radical (unpaired) electrons. The molecule has 0 atom stereocenters. The monoisotopic (exact) mass is 801 g/mol. The van der Waals surface area contributed by atoms with E-state index < -0.39 is 10.8 Å². The van der Waals surface area contributed by atoms with Gasteiger partial charge in [0.1, 0.15) is 0 Å². The molecule has 1 heterocycles. The minimum absolute atomic E-state index is 0.494. The van der Waals surface area contributed by atoms with Gasteiger partial charge in [-0.15, -0.1) is 0 Å². The Kier molecular flexibility index (Phi) is 5.99. The van der Waals surface area contributed by atoms with Gasteiger partial charge in [0.2, 0.25) is 0 Å². The number of rotatable bonds is 1. The van der Waals surface area contributed by atoms with Crippen LogP contribution >= 0.6 is 31.9 Å². The fourth-order valence-corrected chi connectivity index (χ4v) is 11.3. The molecule has 0 amide bonds. The number of hydrogen-bond donors (Lipinski definition) is 0. The fourth-order valence-electron chi connectivity index (χ4n) is 10.6. The maximum atomic E-state index is 3.78. The van der Waals surface area contributed by atoms with Gasteiger partial charge in [-0.1, -0.05) is 159 Å². The molecule has 3 aliphatic rings. The molecule has 0 saturated heterocycles. The number of nitrogens with zero attached hydrogens (tertiary/aromatic N) is 1. The van der Waals surface area contributed by atoms with Gasteiger partial charge in [0.05, 0.1) is 21.9 Å². The standard InChI is InChI=1S/C50H29Br2N/c51-30-21-25-47-37(27-30)38-28-31(52)22-26-48(38)53(47)32-23-24-45-46(29-32)50(41-17-7-3-13-35(41)36-14-4-8-18-42(36)50)44-20-10-9-19-43(44)49(45)39-15-5-1-11-33(39)34-12-2-6-16-40(34)49/h1-29H. The lowest BCUT2D eigenvalue weighted by atomic mass is 9.52. The topological polar surface area (TPSA) is 4.93 Å².